The molecule has 0 saturated heterocycles. The second-order valence-electron chi connectivity index (χ2n) is 5.68. The summed E-state index contributed by atoms with van der Waals surface area (Å²) in [5.41, 5.74) is 0. The van der Waals surface area contributed by atoms with Gasteiger partial charge >= 0.3 is 12.0 Å². The molecule has 1 fully saturated rings. The van der Waals surface area contributed by atoms with Gasteiger partial charge in [-0.25, -0.2) is 4.79 Å². The number of carbonyl (C=O) groups excluding carboxylic acids is 1. The predicted octanol–water partition coefficient (Wildman–Crippen LogP) is 2.46. The summed E-state index contributed by atoms with van der Waals surface area (Å²) in [5, 5.41) is 14.4. The van der Waals surface area contributed by atoms with Gasteiger partial charge in [-0.2, -0.15) is 11.8 Å². The van der Waals surface area contributed by atoms with Gasteiger partial charge in [-0.3, -0.25) is 4.79 Å². The molecule has 3 N–H and O–H groups in total. The van der Waals surface area contributed by atoms with Crippen molar-refractivity contribution in [3.8, 4) is 0 Å². The summed E-state index contributed by atoms with van der Waals surface area (Å²) < 4.78 is 0.256. The summed E-state index contributed by atoms with van der Waals surface area (Å²) in [7, 11) is 0. The monoisotopic (exact) mass is 302 g/mol. The van der Waals surface area contributed by atoms with Crippen molar-refractivity contribution in [2.45, 2.75) is 50.2 Å². The lowest BCUT2D eigenvalue weighted by Crippen LogP contribution is -2.48. The highest BCUT2D eigenvalue weighted by atomic mass is 32.2. The number of hydrogen-bond acceptors (Lipinski definition) is 3. The molecule has 5 nitrogen and oxygen atoms in total. The van der Waals surface area contributed by atoms with Gasteiger partial charge < -0.3 is 15.7 Å². The quantitative estimate of drug-likeness (QED) is 0.611. The van der Waals surface area contributed by atoms with Crippen LogP contribution >= 0.6 is 11.8 Å². The van der Waals surface area contributed by atoms with Gasteiger partial charge in [0.05, 0.1) is 0 Å². The number of urea groups is 1. The van der Waals surface area contributed by atoms with Crippen molar-refractivity contribution < 1.29 is 14.7 Å². The lowest BCUT2D eigenvalue weighted by atomic mass is 9.84. The second kappa shape index (κ2) is 8.39. The van der Waals surface area contributed by atoms with Gasteiger partial charge in [0.25, 0.3) is 0 Å². The maximum atomic E-state index is 11.7. The molecule has 0 aromatic carbocycles. The van der Waals surface area contributed by atoms with Gasteiger partial charge in [0.1, 0.15) is 0 Å². The third-order valence-corrected chi connectivity index (χ3v) is 5.46. The molecule has 1 aliphatic carbocycles. The number of aliphatic carboxylic acids is 1. The summed E-state index contributed by atoms with van der Waals surface area (Å²) >= 11 is 1.84. The van der Waals surface area contributed by atoms with E-state index in [0.717, 1.165) is 13.0 Å². The Morgan fingerprint density at radius 3 is 2.50 bits per heavy atom. The maximum Gasteiger partial charge on any atom is 0.314 e. The highest BCUT2D eigenvalue weighted by molar-refractivity contribution is 8.00. The second-order valence-corrected chi connectivity index (χ2v) is 6.95. The van der Waals surface area contributed by atoms with E-state index in [-0.39, 0.29) is 17.2 Å². The van der Waals surface area contributed by atoms with Crippen molar-refractivity contribution in [2.75, 3.05) is 19.3 Å². The van der Waals surface area contributed by atoms with E-state index in [0.29, 0.717) is 18.9 Å². The highest BCUT2D eigenvalue weighted by Crippen LogP contribution is 2.42. The molecule has 116 valence electrons. The summed E-state index contributed by atoms with van der Waals surface area (Å²) in [4.78, 5) is 22.1. The minimum absolute atomic E-state index is 0.115. The van der Waals surface area contributed by atoms with E-state index in [4.69, 9.17) is 5.11 Å². The molecule has 1 rings (SSSR count). The Kier molecular flexibility index (Phi) is 7.19. The van der Waals surface area contributed by atoms with Crippen molar-refractivity contribution >= 4 is 23.8 Å². The smallest absolute Gasteiger partial charge is 0.314 e. The zero-order valence-corrected chi connectivity index (χ0v) is 13.2. The van der Waals surface area contributed by atoms with Gasteiger partial charge in [0, 0.05) is 24.3 Å². The highest BCUT2D eigenvalue weighted by Gasteiger charge is 2.36. The molecule has 0 radical (unpaired) electrons. The standard InChI is InChI=1S/C14H26N2O3S/c1-11(4-5-12(17)18)6-9-15-13(19)16-10-14(20-2)7-3-8-14/h11H,3-10H2,1-2H3,(H,17,18)(H2,15,16,19). The summed E-state index contributed by atoms with van der Waals surface area (Å²) in [5.74, 6) is -0.444. The van der Waals surface area contributed by atoms with E-state index in [1.54, 1.807) is 0 Å². The number of carboxylic acids is 1. The first-order chi connectivity index (χ1) is 9.47. The first-order valence-corrected chi connectivity index (χ1v) is 8.48. The number of rotatable bonds is 9. The third kappa shape index (κ3) is 6.03. The summed E-state index contributed by atoms with van der Waals surface area (Å²) in [6.07, 6.45) is 7.39. The number of carbonyl (C=O) groups is 2. The maximum absolute atomic E-state index is 11.7. The average molecular weight is 302 g/mol. The molecule has 0 aliphatic heterocycles. The minimum Gasteiger partial charge on any atom is -0.481 e. The first-order valence-electron chi connectivity index (χ1n) is 7.26. The Morgan fingerprint density at radius 2 is 2.00 bits per heavy atom. The lowest BCUT2D eigenvalue weighted by molar-refractivity contribution is -0.137. The van der Waals surface area contributed by atoms with Crippen LogP contribution in [0.15, 0.2) is 0 Å². The zero-order chi connectivity index (χ0) is 15.0. The number of hydrogen-bond donors (Lipinski definition) is 3. The van der Waals surface area contributed by atoms with Gasteiger partial charge in [-0.15, -0.1) is 0 Å². The molecule has 1 saturated carbocycles. The zero-order valence-electron chi connectivity index (χ0n) is 12.4. The topological polar surface area (TPSA) is 78.4 Å². The SMILES string of the molecule is CSC1(CNC(=O)NCCC(C)CCC(=O)O)CCC1. The molecule has 20 heavy (non-hydrogen) atoms. The molecular weight excluding hydrogens is 276 g/mol. The molecule has 2 amide bonds. The van der Waals surface area contributed by atoms with Crippen molar-refractivity contribution in [1.29, 1.82) is 0 Å². The Balaban J connectivity index is 2.06. The Labute approximate surface area is 125 Å². The van der Waals surface area contributed by atoms with Gasteiger partial charge in [-0.1, -0.05) is 13.3 Å². The Morgan fingerprint density at radius 1 is 1.30 bits per heavy atom. The summed E-state index contributed by atoms with van der Waals surface area (Å²) in [6.45, 7) is 3.34. The van der Waals surface area contributed by atoms with Gasteiger partial charge in [-0.05, 0) is 37.9 Å². The van der Waals surface area contributed by atoms with Crippen LogP contribution in [0.3, 0.4) is 0 Å². The predicted molar refractivity (Wildman–Crippen MR) is 82.1 cm³/mol. The van der Waals surface area contributed by atoms with E-state index in [2.05, 4.69) is 16.9 Å². The van der Waals surface area contributed by atoms with Crippen LogP contribution in [0.1, 0.15) is 45.4 Å². The Hall–Kier alpha value is -0.910. The lowest BCUT2D eigenvalue weighted by Gasteiger charge is -2.40. The fourth-order valence-electron chi connectivity index (χ4n) is 2.27. The molecule has 1 aliphatic rings. The van der Waals surface area contributed by atoms with Crippen LogP contribution in [0.25, 0.3) is 0 Å². The fourth-order valence-corrected chi connectivity index (χ4v) is 3.19. The van der Waals surface area contributed by atoms with Crippen LogP contribution in [-0.4, -0.2) is 41.2 Å². The molecule has 0 heterocycles. The van der Waals surface area contributed by atoms with E-state index in [9.17, 15) is 9.59 Å². The van der Waals surface area contributed by atoms with Crippen molar-refractivity contribution in [3.63, 3.8) is 0 Å². The molecule has 6 heteroatoms. The molecule has 1 atom stereocenters. The minimum atomic E-state index is -0.759. The normalized spacial score (nSPS) is 17.9. The van der Waals surface area contributed by atoms with Crippen LogP contribution in [-0.2, 0) is 4.79 Å². The van der Waals surface area contributed by atoms with Crippen LogP contribution in [0, 0.1) is 5.92 Å². The molecule has 0 aromatic rings. The molecular formula is C14H26N2O3S. The van der Waals surface area contributed by atoms with Crippen LogP contribution in [0.4, 0.5) is 4.79 Å². The molecule has 0 aromatic heterocycles. The summed E-state index contributed by atoms with van der Waals surface area (Å²) in [6, 6.07) is -0.115. The van der Waals surface area contributed by atoms with E-state index < -0.39 is 5.97 Å². The first kappa shape index (κ1) is 17.1. The van der Waals surface area contributed by atoms with Crippen LogP contribution < -0.4 is 10.6 Å². The molecule has 0 spiro atoms. The van der Waals surface area contributed by atoms with Crippen molar-refractivity contribution in [1.82, 2.24) is 10.6 Å². The van der Waals surface area contributed by atoms with E-state index in [1.807, 2.05) is 18.7 Å². The number of thioether (sulfide) groups is 1. The van der Waals surface area contributed by atoms with Crippen LogP contribution in [0.5, 0.6) is 0 Å². The van der Waals surface area contributed by atoms with E-state index in [1.165, 1.54) is 19.3 Å². The fraction of sp³-hybridized carbons (Fsp3) is 0.857. The number of carboxylic acid groups (broad SMARTS) is 1. The number of nitrogens with one attached hydrogen (secondary N) is 2. The Bertz CT molecular complexity index is 327. The molecule has 1 unspecified atom stereocenters. The van der Waals surface area contributed by atoms with Crippen LogP contribution in [0.2, 0.25) is 0 Å². The molecule has 0 bridgehead atoms. The van der Waals surface area contributed by atoms with E-state index >= 15 is 0 Å². The largest absolute Gasteiger partial charge is 0.481 e. The third-order valence-electron chi connectivity index (χ3n) is 4.04. The van der Waals surface area contributed by atoms with Crippen molar-refractivity contribution in [2.24, 2.45) is 5.92 Å². The van der Waals surface area contributed by atoms with Crippen molar-refractivity contribution in [3.05, 3.63) is 0 Å². The number of amides is 2. The average Bonchev–Trinajstić information content (AvgIpc) is 2.35. The van der Waals surface area contributed by atoms with Gasteiger partial charge in [0.2, 0.25) is 0 Å². The van der Waals surface area contributed by atoms with Gasteiger partial charge in [0.15, 0.2) is 0 Å².